The van der Waals surface area contributed by atoms with Gasteiger partial charge in [0, 0.05) is 18.2 Å². The van der Waals surface area contributed by atoms with Gasteiger partial charge in [-0.25, -0.2) is 4.98 Å². The van der Waals surface area contributed by atoms with Gasteiger partial charge in [0.1, 0.15) is 6.33 Å². The number of carbonyl (C=O) groups is 1. The Hall–Kier alpha value is -2.74. The van der Waals surface area contributed by atoms with Crippen molar-refractivity contribution in [2.45, 2.75) is 51.2 Å². The molecular weight excluding hydrogens is 344 g/mol. The predicted molar refractivity (Wildman–Crippen MR) is 100 cm³/mol. The van der Waals surface area contributed by atoms with E-state index in [1.54, 1.807) is 24.8 Å². The Labute approximate surface area is 157 Å². The number of nitrogens with zero attached hydrogens (tertiary/aromatic N) is 5. The number of aromatic nitrogens is 5. The molecule has 1 unspecified atom stereocenters. The van der Waals surface area contributed by atoms with E-state index in [2.05, 4.69) is 25.1 Å². The molecule has 0 radical (unpaired) electrons. The summed E-state index contributed by atoms with van der Waals surface area (Å²) in [4.78, 5) is 17.0. The lowest BCUT2D eigenvalue weighted by Gasteiger charge is -2.18. The zero-order chi connectivity index (χ0) is 18.8. The van der Waals surface area contributed by atoms with E-state index < -0.39 is 0 Å². The number of aliphatic hydroxyl groups excluding tert-OH is 1. The highest BCUT2D eigenvalue weighted by Gasteiger charge is 2.23. The fourth-order valence-corrected chi connectivity index (χ4v) is 3.86. The van der Waals surface area contributed by atoms with Crippen LogP contribution in [-0.2, 0) is 6.54 Å². The van der Waals surface area contributed by atoms with Gasteiger partial charge < -0.3 is 19.6 Å². The van der Waals surface area contributed by atoms with Crippen LogP contribution in [0.15, 0.2) is 30.9 Å². The van der Waals surface area contributed by atoms with E-state index in [1.165, 1.54) is 12.8 Å². The standard InChI is InChI=1S/C19H24N6O2/c1-13(18-23-21-12-25(18)15-4-2-3-5-15)22-19(27)14-6-7-17-16(10-14)20-11-24(17)8-9-26/h6-7,10-13,15,26H,2-5,8-9H2,1H3,(H,22,27). The maximum Gasteiger partial charge on any atom is 0.251 e. The summed E-state index contributed by atoms with van der Waals surface area (Å²) in [6.45, 7) is 2.46. The molecule has 2 heterocycles. The fourth-order valence-electron chi connectivity index (χ4n) is 3.86. The van der Waals surface area contributed by atoms with Crippen LogP contribution in [0.1, 0.15) is 60.9 Å². The smallest absolute Gasteiger partial charge is 0.251 e. The molecule has 0 aliphatic heterocycles. The van der Waals surface area contributed by atoms with Gasteiger partial charge in [0.2, 0.25) is 0 Å². The normalized spacial score (nSPS) is 16.1. The number of hydrogen-bond acceptors (Lipinski definition) is 5. The summed E-state index contributed by atoms with van der Waals surface area (Å²) >= 11 is 0. The van der Waals surface area contributed by atoms with Crippen LogP contribution >= 0.6 is 0 Å². The van der Waals surface area contributed by atoms with Crippen LogP contribution in [0.25, 0.3) is 11.0 Å². The molecule has 142 valence electrons. The summed E-state index contributed by atoms with van der Waals surface area (Å²) in [5.74, 6) is 0.630. The zero-order valence-corrected chi connectivity index (χ0v) is 15.4. The largest absolute Gasteiger partial charge is 0.395 e. The number of rotatable bonds is 6. The molecular formula is C19H24N6O2. The van der Waals surface area contributed by atoms with Gasteiger partial charge in [-0.1, -0.05) is 12.8 Å². The van der Waals surface area contributed by atoms with Crippen LogP contribution in [-0.4, -0.2) is 41.9 Å². The summed E-state index contributed by atoms with van der Waals surface area (Å²) in [6, 6.07) is 5.61. The summed E-state index contributed by atoms with van der Waals surface area (Å²) in [5, 5.41) is 20.4. The van der Waals surface area contributed by atoms with E-state index in [0.717, 1.165) is 29.7 Å². The number of aliphatic hydroxyl groups is 1. The number of carbonyl (C=O) groups excluding carboxylic acids is 1. The van der Waals surface area contributed by atoms with Crippen molar-refractivity contribution in [3.8, 4) is 0 Å². The van der Waals surface area contributed by atoms with Gasteiger partial charge in [0.15, 0.2) is 5.82 Å². The van der Waals surface area contributed by atoms with Crippen LogP contribution in [0.3, 0.4) is 0 Å². The van der Waals surface area contributed by atoms with Crippen molar-refractivity contribution in [2.24, 2.45) is 0 Å². The second kappa shape index (κ2) is 7.48. The van der Waals surface area contributed by atoms with Crippen LogP contribution < -0.4 is 5.32 Å². The van der Waals surface area contributed by atoms with Gasteiger partial charge in [0.05, 0.1) is 30.0 Å². The third kappa shape index (κ3) is 3.44. The molecule has 4 rings (SSSR count). The molecule has 1 aromatic carbocycles. The molecule has 27 heavy (non-hydrogen) atoms. The third-order valence-corrected chi connectivity index (χ3v) is 5.28. The van der Waals surface area contributed by atoms with Gasteiger partial charge in [-0.05, 0) is 38.0 Å². The molecule has 3 aromatic rings. The number of amides is 1. The number of hydrogen-bond donors (Lipinski definition) is 2. The topological polar surface area (TPSA) is 97.9 Å². The Morgan fingerprint density at radius 1 is 1.33 bits per heavy atom. The van der Waals surface area contributed by atoms with E-state index >= 15 is 0 Å². The van der Waals surface area contributed by atoms with E-state index in [0.29, 0.717) is 18.2 Å². The lowest BCUT2D eigenvalue weighted by atomic mass is 10.1. The van der Waals surface area contributed by atoms with Gasteiger partial charge in [-0.3, -0.25) is 4.79 Å². The quantitative estimate of drug-likeness (QED) is 0.695. The molecule has 1 aliphatic carbocycles. The molecule has 8 heteroatoms. The Kier molecular flexibility index (Phi) is 4.89. The second-order valence-electron chi connectivity index (χ2n) is 7.09. The fraction of sp³-hybridized carbons (Fsp3) is 0.474. The van der Waals surface area contributed by atoms with E-state index in [-0.39, 0.29) is 18.6 Å². The Morgan fingerprint density at radius 2 is 2.15 bits per heavy atom. The maximum atomic E-state index is 12.7. The third-order valence-electron chi connectivity index (χ3n) is 5.28. The molecule has 2 aromatic heterocycles. The first-order valence-corrected chi connectivity index (χ1v) is 9.43. The van der Waals surface area contributed by atoms with Crippen molar-refractivity contribution in [2.75, 3.05) is 6.61 Å². The summed E-state index contributed by atoms with van der Waals surface area (Å²) in [7, 11) is 0. The monoisotopic (exact) mass is 368 g/mol. The first-order valence-electron chi connectivity index (χ1n) is 9.43. The van der Waals surface area contributed by atoms with Crippen molar-refractivity contribution < 1.29 is 9.90 Å². The average Bonchev–Trinajstić information content (AvgIpc) is 3.41. The van der Waals surface area contributed by atoms with Crippen LogP contribution in [0, 0.1) is 0 Å². The minimum absolute atomic E-state index is 0.0485. The van der Waals surface area contributed by atoms with E-state index in [9.17, 15) is 4.79 Å². The van der Waals surface area contributed by atoms with Crippen molar-refractivity contribution >= 4 is 16.9 Å². The highest BCUT2D eigenvalue weighted by atomic mass is 16.3. The van der Waals surface area contributed by atoms with Crippen LogP contribution in [0.2, 0.25) is 0 Å². The molecule has 1 fully saturated rings. The van der Waals surface area contributed by atoms with Crippen LogP contribution in [0.4, 0.5) is 0 Å². The summed E-state index contributed by atoms with van der Waals surface area (Å²) in [6.07, 6.45) is 8.18. The minimum atomic E-state index is -0.233. The number of fused-ring (bicyclic) bond motifs is 1. The molecule has 2 N–H and O–H groups in total. The molecule has 1 saturated carbocycles. The van der Waals surface area contributed by atoms with Crippen molar-refractivity contribution in [3.05, 3.63) is 42.2 Å². The van der Waals surface area contributed by atoms with Crippen molar-refractivity contribution in [3.63, 3.8) is 0 Å². The second-order valence-corrected chi connectivity index (χ2v) is 7.09. The van der Waals surface area contributed by atoms with Crippen LogP contribution in [0.5, 0.6) is 0 Å². The molecule has 0 saturated heterocycles. The lowest BCUT2D eigenvalue weighted by Crippen LogP contribution is -2.29. The predicted octanol–water partition coefficient (Wildman–Crippen LogP) is 2.23. The average molecular weight is 368 g/mol. The Bertz CT molecular complexity index is 941. The number of imidazole rings is 1. The summed E-state index contributed by atoms with van der Waals surface area (Å²) in [5.41, 5.74) is 2.18. The summed E-state index contributed by atoms with van der Waals surface area (Å²) < 4.78 is 3.97. The SMILES string of the molecule is CC(NC(=O)c1ccc2c(c1)ncn2CCO)c1nncn1C1CCCC1. The highest BCUT2D eigenvalue weighted by Crippen LogP contribution is 2.31. The van der Waals surface area contributed by atoms with Gasteiger partial charge in [0.25, 0.3) is 5.91 Å². The van der Waals surface area contributed by atoms with Crippen molar-refractivity contribution in [1.29, 1.82) is 0 Å². The molecule has 8 nitrogen and oxygen atoms in total. The molecule has 1 atom stereocenters. The molecule has 0 spiro atoms. The Balaban J connectivity index is 1.50. The molecule has 0 bridgehead atoms. The maximum absolute atomic E-state index is 12.7. The highest BCUT2D eigenvalue weighted by molar-refractivity contribution is 5.97. The minimum Gasteiger partial charge on any atom is -0.395 e. The van der Waals surface area contributed by atoms with E-state index in [1.807, 2.05) is 17.6 Å². The zero-order valence-electron chi connectivity index (χ0n) is 15.4. The first-order chi connectivity index (χ1) is 13.2. The van der Waals surface area contributed by atoms with E-state index in [4.69, 9.17) is 5.11 Å². The Morgan fingerprint density at radius 3 is 2.93 bits per heavy atom. The first kappa shape index (κ1) is 17.7. The van der Waals surface area contributed by atoms with Gasteiger partial charge >= 0.3 is 0 Å². The number of benzene rings is 1. The number of nitrogens with one attached hydrogen (secondary N) is 1. The van der Waals surface area contributed by atoms with Gasteiger partial charge in [-0.15, -0.1) is 10.2 Å². The molecule has 1 aliphatic rings. The van der Waals surface area contributed by atoms with Crippen molar-refractivity contribution in [1.82, 2.24) is 29.6 Å². The molecule has 1 amide bonds. The lowest BCUT2D eigenvalue weighted by molar-refractivity contribution is 0.0937. The van der Waals surface area contributed by atoms with Gasteiger partial charge in [-0.2, -0.15) is 0 Å².